The minimum absolute atomic E-state index is 0.341. The molecule has 0 saturated heterocycles. The first-order chi connectivity index (χ1) is 10.5. The summed E-state index contributed by atoms with van der Waals surface area (Å²) in [7, 11) is 0. The number of nitrogens with one attached hydrogen (secondary N) is 1. The maximum Gasteiger partial charge on any atom is 0.312 e. The second-order valence-corrected chi connectivity index (χ2v) is 5.30. The van der Waals surface area contributed by atoms with Gasteiger partial charge in [0.25, 0.3) is 0 Å². The number of fused-ring (bicyclic) bond motifs is 1. The highest BCUT2D eigenvalue weighted by Gasteiger charge is 2.23. The van der Waals surface area contributed by atoms with E-state index in [1.54, 1.807) is 16.8 Å². The van der Waals surface area contributed by atoms with Gasteiger partial charge in [-0.05, 0) is 18.2 Å². The summed E-state index contributed by atoms with van der Waals surface area (Å²) < 4.78 is 1.76. The molecule has 0 radical (unpaired) electrons. The molecule has 0 saturated carbocycles. The van der Waals surface area contributed by atoms with Gasteiger partial charge < -0.3 is 15.3 Å². The Morgan fingerprint density at radius 3 is 2.86 bits per heavy atom. The number of aromatic nitrogens is 2. The van der Waals surface area contributed by atoms with Crippen molar-refractivity contribution in [2.75, 3.05) is 16.8 Å². The third-order valence-electron chi connectivity index (χ3n) is 3.27. The highest BCUT2D eigenvalue weighted by Crippen LogP contribution is 2.32. The molecule has 0 atom stereocenters. The van der Waals surface area contributed by atoms with E-state index in [9.17, 15) is 9.59 Å². The number of benzene rings is 1. The summed E-state index contributed by atoms with van der Waals surface area (Å²) in [5, 5.41) is 16.0. The number of nitrogens with zero attached hydrogens (tertiary/aromatic N) is 3. The van der Waals surface area contributed by atoms with Crippen molar-refractivity contribution in [3.8, 4) is 0 Å². The second kappa shape index (κ2) is 5.69. The Morgan fingerprint density at radius 1 is 1.32 bits per heavy atom. The van der Waals surface area contributed by atoms with Crippen molar-refractivity contribution in [2.45, 2.75) is 13.0 Å². The van der Waals surface area contributed by atoms with Crippen molar-refractivity contribution < 1.29 is 14.7 Å². The molecule has 0 aliphatic carbocycles. The number of aliphatic carboxylic acids is 1. The summed E-state index contributed by atoms with van der Waals surface area (Å²) in [4.78, 5) is 24.0. The number of amides is 1. The minimum Gasteiger partial charge on any atom is -0.481 e. The first-order valence-corrected chi connectivity index (χ1v) is 7.03. The smallest absolute Gasteiger partial charge is 0.312 e. The summed E-state index contributed by atoms with van der Waals surface area (Å²) in [5.41, 5.74) is 0.939. The molecule has 1 aliphatic heterocycles. The number of hydrogen-bond acceptors (Lipinski definition) is 4. The van der Waals surface area contributed by atoms with E-state index >= 15 is 0 Å². The molecule has 3 rings (SSSR count). The molecular formula is C14H13ClN4O3. The predicted octanol–water partition coefficient (Wildman–Crippen LogP) is 2.10. The fourth-order valence-corrected chi connectivity index (χ4v) is 2.57. The fourth-order valence-electron chi connectivity index (χ4n) is 2.39. The molecule has 0 bridgehead atoms. The molecule has 0 unspecified atom stereocenters. The Hall–Kier alpha value is -2.54. The van der Waals surface area contributed by atoms with Crippen molar-refractivity contribution in [3.63, 3.8) is 0 Å². The van der Waals surface area contributed by atoms with Crippen molar-refractivity contribution in [1.29, 1.82) is 0 Å². The van der Waals surface area contributed by atoms with Gasteiger partial charge in [-0.3, -0.25) is 9.59 Å². The van der Waals surface area contributed by atoms with Crippen LogP contribution in [0.25, 0.3) is 0 Å². The zero-order valence-corrected chi connectivity index (χ0v) is 12.2. The van der Waals surface area contributed by atoms with E-state index < -0.39 is 18.3 Å². The van der Waals surface area contributed by atoms with Gasteiger partial charge in [0.1, 0.15) is 12.2 Å². The Kier molecular flexibility index (Phi) is 3.72. The monoisotopic (exact) mass is 320 g/mol. The van der Waals surface area contributed by atoms with E-state index in [2.05, 4.69) is 10.4 Å². The van der Waals surface area contributed by atoms with Crippen LogP contribution in [-0.2, 0) is 16.1 Å². The van der Waals surface area contributed by atoms with Gasteiger partial charge in [-0.25, -0.2) is 4.68 Å². The van der Waals surface area contributed by atoms with Crippen LogP contribution < -0.4 is 10.2 Å². The quantitative estimate of drug-likeness (QED) is 0.842. The van der Waals surface area contributed by atoms with Crippen LogP contribution >= 0.6 is 11.6 Å². The molecule has 114 valence electrons. The number of carbonyl (C=O) groups is 2. The third kappa shape index (κ3) is 2.89. The lowest BCUT2D eigenvalue weighted by Crippen LogP contribution is -2.17. The van der Waals surface area contributed by atoms with Gasteiger partial charge in [-0.2, -0.15) is 5.10 Å². The summed E-state index contributed by atoms with van der Waals surface area (Å²) in [6.07, 6.45) is -0.583. The molecule has 2 heterocycles. The summed E-state index contributed by atoms with van der Waals surface area (Å²) in [5.74, 6) is -0.607. The average Bonchev–Trinajstić information content (AvgIpc) is 2.96. The van der Waals surface area contributed by atoms with E-state index in [-0.39, 0.29) is 0 Å². The Morgan fingerprint density at radius 2 is 2.14 bits per heavy atom. The molecule has 22 heavy (non-hydrogen) atoms. The van der Waals surface area contributed by atoms with Crippen LogP contribution in [0.2, 0.25) is 5.02 Å². The van der Waals surface area contributed by atoms with Gasteiger partial charge in [0, 0.05) is 23.3 Å². The standard InChI is InChI=1S/C14H13ClN4O3/c15-9-2-1-3-10(6-9)18-4-5-19-13(18)7-11(17-19)16-12(20)8-14(21)22/h1-3,6-7H,4-5,8H2,(H,21,22)(H,16,17,20). The fraction of sp³-hybridized carbons (Fsp3) is 0.214. The van der Waals surface area contributed by atoms with E-state index in [0.717, 1.165) is 18.1 Å². The molecule has 1 amide bonds. The number of carbonyl (C=O) groups excluding carboxylic acids is 1. The van der Waals surface area contributed by atoms with Crippen LogP contribution in [0.4, 0.5) is 17.3 Å². The van der Waals surface area contributed by atoms with Crippen LogP contribution in [0.3, 0.4) is 0 Å². The molecule has 2 aromatic rings. The number of carboxylic acids is 1. The number of halogens is 1. The lowest BCUT2D eigenvalue weighted by atomic mass is 10.3. The van der Waals surface area contributed by atoms with E-state index in [1.165, 1.54) is 0 Å². The normalized spacial score (nSPS) is 13.0. The molecule has 1 aromatic carbocycles. The van der Waals surface area contributed by atoms with Crippen molar-refractivity contribution in [2.24, 2.45) is 0 Å². The van der Waals surface area contributed by atoms with Crippen molar-refractivity contribution >= 4 is 40.8 Å². The first kappa shape index (κ1) is 14.4. The van der Waals surface area contributed by atoms with Gasteiger partial charge in [0.15, 0.2) is 5.82 Å². The molecule has 1 aliphatic rings. The van der Waals surface area contributed by atoms with Gasteiger partial charge >= 0.3 is 5.97 Å². The molecule has 0 fully saturated rings. The maximum atomic E-state index is 11.5. The van der Waals surface area contributed by atoms with E-state index in [1.807, 2.05) is 23.1 Å². The summed E-state index contributed by atoms with van der Waals surface area (Å²) in [6.45, 7) is 1.43. The van der Waals surface area contributed by atoms with Gasteiger partial charge in [-0.1, -0.05) is 17.7 Å². The van der Waals surface area contributed by atoms with Crippen LogP contribution in [0.15, 0.2) is 30.3 Å². The van der Waals surface area contributed by atoms with E-state index in [4.69, 9.17) is 16.7 Å². The maximum absolute atomic E-state index is 11.5. The largest absolute Gasteiger partial charge is 0.481 e. The third-order valence-corrected chi connectivity index (χ3v) is 3.50. The van der Waals surface area contributed by atoms with Gasteiger partial charge in [-0.15, -0.1) is 0 Å². The molecule has 8 heteroatoms. The zero-order chi connectivity index (χ0) is 15.7. The van der Waals surface area contributed by atoms with Gasteiger partial charge in [0.05, 0.1) is 6.54 Å². The highest BCUT2D eigenvalue weighted by atomic mass is 35.5. The summed E-state index contributed by atoms with van der Waals surface area (Å²) >= 11 is 6.01. The highest BCUT2D eigenvalue weighted by molar-refractivity contribution is 6.30. The van der Waals surface area contributed by atoms with Crippen LogP contribution in [0, 0.1) is 0 Å². The van der Waals surface area contributed by atoms with Crippen LogP contribution in [-0.4, -0.2) is 33.3 Å². The summed E-state index contributed by atoms with van der Waals surface area (Å²) in [6, 6.07) is 9.18. The molecule has 2 N–H and O–H groups in total. The second-order valence-electron chi connectivity index (χ2n) is 4.86. The minimum atomic E-state index is -1.18. The molecular weight excluding hydrogens is 308 g/mol. The Labute approximate surface area is 131 Å². The SMILES string of the molecule is O=C(O)CC(=O)Nc1cc2n(n1)CCN2c1cccc(Cl)c1. The van der Waals surface area contributed by atoms with Crippen LogP contribution in [0.5, 0.6) is 0 Å². The lowest BCUT2D eigenvalue weighted by Gasteiger charge is -2.16. The number of anilines is 3. The molecule has 7 nitrogen and oxygen atoms in total. The lowest BCUT2D eigenvalue weighted by molar-refractivity contribution is -0.139. The van der Waals surface area contributed by atoms with Crippen LogP contribution in [0.1, 0.15) is 6.42 Å². The average molecular weight is 321 g/mol. The van der Waals surface area contributed by atoms with Crippen molar-refractivity contribution in [3.05, 3.63) is 35.4 Å². The Balaban J connectivity index is 1.80. The molecule has 0 spiro atoms. The topological polar surface area (TPSA) is 87.5 Å². The van der Waals surface area contributed by atoms with Gasteiger partial charge in [0.2, 0.25) is 5.91 Å². The number of rotatable bonds is 4. The number of carboxylic acid groups (broad SMARTS) is 1. The first-order valence-electron chi connectivity index (χ1n) is 6.65. The zero-order valence-electron chi connectivity index (χ0n) is 11.5. The number of hydrogen-bond donors (Lipinski definition) is 2. The van der Waals surface area contributed by atoms with E-state index in [0.29, 0.717) is 17.4 Å². The predicted molar refractivity (Wildman–Crippen MR) is 81.6 cm³/mol. The Bertz CT molecular complexity index is 743. The van der Waals surface area contributed by atoms with Crippen molar-refractivity contribution in [1.82, 2.24) is 9.78 Å². The molecule has 1 aromatic heterocycles.